The number of aliphatic imine (C=N–C) groups is 1. The fraction of sp³-hybridized carbons (Fsp3) is 0.800. The van der Waals surface area contributed by atoms with E-state index in [0.717, 1.165) is 24.6 Å². The number of nitrogens with zero attached hydrogens (tertiary/aromatic N) is 3. The second-order valence-electron chi connectivity index (χ2n) is 4.38. The van der Waals surface area contributed by atoms with Gasteiger partial charge in [0.05, 0.1) is 11.9 Å². The molecule has 0 spiro atoms. The number of hydrazine groups is 1. The third-order valence-electron chi connectivity index (χ3n) is 2.79. The molecule has 11 heteroatoms. The molecule has 1 amide bonds. The molecule has 1 fully saturated rings. The van der Waals surface area contributed by atoms with Crippen LogP contribution in [0, 0.1) is 10.1 Å². The van der Waals surface area contributed by atoms with Crippen LogP contribution in [0.3, 0.4) is 0 Å². The van der Waals surface area contributed by atoms with Crippen LogP contribution in [0.25, 0.3) is 0 Å². The minimum Gasteiger partial charge on any atom is -0.365 e. The van der Waals surface area contributed by atoms with Crippen LogP contribution >= 0.6 is 24.2 Å². The number of unbranched alkanes of at least 4 members (excludes halogenated alkanes) is 1. The number of nitro groups is 1. The van der Waals surface area contributed by atoms with Crippen LogP contribution in [0.4, 0.5) is 0 Å². The summed E-state index contributed by atoms with van der Waals surface area (Å²) in [5.74, 6) is 1.47. The molecule has 0 aromatic rings. The Morgan fingerprint density at radius 2 is 2.24 bits per heavy atom. The number of halogens is 1. The van der Waals surface area contributed by atoms with Gasteiger partial charge in [-0.3, -0.25) is 4.79 Å². The first kappa shape index (κ1) is 19.7. The van der Waals surface area contributed by atoms with Crippen LogP contribution < -0.4 is 16.9 Å². The largest absolute Gasteiger partial charge is 0.365 e. The molecule has 5 N–H and O–H groups in total. The highest BCUT2D eigenvalue weighted by Crippen LogP contribution is 2.15. The van der Waals surface area contributed by atoms with Crippen molar-refractivity contribution in [2.45, 2.75) is 25.3 Å². The van der Waals surface area contributed by atoms with Crippen LogP contribution in [-0.2, 0) is 4.79 Å². The lowest BCUT2D eigenvalue weighted by Crippen LogP contribution is -2.42. The van der Waals surface area contributed by atoms with Crippen molar-refractivity contribution >= 4 is 36.0 Å². The average Bonchev–Trinajstić information content (AvgIpc) is 2.90. The minimum atomic E-state index is -0.762. The Kier molecular flexibility index (Phi) is 9.84. The number of nitrogens with two attached hydrogens (primary N) is 2. The first-order valence-electron chi connectivity index (χ1n) is 6.34. The highest BCUT2D eigenvalue weighted by Gasteiger charge is 2.23. The first-order chi connectivity index (χ1) is 9.50. The number of nitrogens with one attached hydrogen (secondary N) is 1. The predicted octanol–water partition coefficient (Wildman–Crippen LogP) is -0.465. The van der Waals surface area contributed by atoms with E-state index in [0.29, 0.717) is 19.4 Å². The van der Waals surface area contributed by atoms with Crippen molar-refractivity contribution in [3.8, 4) is 0 Å². The lowest BCUT2D eigenvalue weighted by Gasteiger charge is -2.19. The summed E-state index contributed by atoms with van der Waals surface area (Å²) in [4.78, 5) is 27.5. The van der Waals surface area contributed by atoms with E-state index in [1.54, 1.807) is 22.1 Å². The van der Waals surface area contributed by atoms with E-state index in [2.05, 4.69) is 4.99 Å². The van der Waals surface area contributed by atoms with Crippen LogP contribution in [0.15, 0.2) is 4.99 Å². The van der Waals surface area contributed by atoms with Gasteiger partial charge in [0.15, 0.2) is 5.03 Å². The van der Waals surface area contributed by atoms with Gasteiger partial charge in [0.1, 0.15) is 0 Å². The number of carbonyl (C=O) groups excluding carboxylic acids is 1. The zero-order chi connectivity index (χ0) is 15.0. The topological polar surface area (TPSA) is 140 Å². The van der Waals surface area contributed by atoms with E-state index >= 15 is 0 Å². The van der Waals surface area contributed by atoms with E-state index in [9.17, 15) is 14.9 Å². The van der Waals surface area contributed by atoms with Gasteiger partial charge in [-0.1, -0.05) is 5.43 Å². The number of guanidine groups is 1. The normalized spacial score (nSPS) is 16.2. The Bertz CT molecular complexity index is 378. The fourth-order valence-electron chi connectivity index (χ4n) is 1.75. The van der Waals surface area contributed by atoms with Gasteiger partial charge in [-0.05, 0) is 19.3 Å². The molecular weight excluding hydrogens is 320 g/mol. The molecule has 0 aromatic heterocycles. The van der Waals surface area contributed by atoms with E-state index in [-0.39, 0.29) is 24.3 Å². The molecule has 9 nitrogen and oxygen atoms in total. The Morgan fingerprint density at radius 3 is 2.81 bits per heavy atom. The number of hydrogen-bond donors (Lipinski definition) is 3. The second-order valence-corrected chi connectivity index (χ2v) is 5.45. The summed E-state index contributed by atoms with van der Waals surface area (Å²) >= 11 is 1.72. The number of hydrogen-bond acceptors (Lipinski definition) is 6. The zero-order valence-corrected chi connectivity index (χ0v) is 13.2. The summed E-state index contributed by atoms with van der Waals surface area (Å²) in [5.41, 5.74) is 12.9. The van der Waals surface area contributed by atoms with Crippen molar-refractivity contribution in [2.75, 3.05) is 24.7 Å². The van der Waals surface area contributed by atoms with E-state index in [1.807, 2.05) is 0 Å². The number of amides is 1. The molecule has 1 aliphatic heterocycles. The molecule has 0 aliphatic carbocycles. The summed E-state index contributed by atoms with van der Waals surface area (Å²) in [7, 11) is 0. The Labute approximate surface area is 133 Å². The van der Waals surface area contributed by atoms with Crippen molar-refractivity contribution in [2.24, 2.45) is 16.5 Å². The maximum atomic E-state index is 11.9. The number of thioether (sulfide) groups is 1. The molecule has 0 radical (unpaired) electrons. The van der Waals surface area contributed by atoms with E-state index in [1.165, 1.54) is 0 Å². The molecule has 0 aromatic carbocycles. The quantitative estimate of drug-likeness (QED) is 0.187. The number of rotatable bonds is 7. The third kappa shape index (κ3) is 7.93. The van der Waals surface area contributed by atoms with E-state index < -0.39 is 11.1 Å². The first-order valence-corrected chi connectivity index (χ1v) is 7.49. The molecule has 21 heavy (non-hydrogen) atoms. The molecular formula is C10H21ClN6O3S. The Morgan fingerprint density at radius 1 is 1.52 bits per heavy atom. The average molecular weight is 341 g/mol. The highest BCUT2D eigenvalue weighted by molar-refractivity contribution is 7.99. The summed E-state index contributed by atoms with van der Waals surface area (Å²) in [6.45, 7) is 1.14. The van der Waals surface area contributed by atoms with Crippen molar-refractivity contribution in [1.29, 1.82) is 0 Å². The molecule has 0 unspecified atom stereocenters. The van der Waals surface area contributed by atoms with Crippen molar-refractivity contribution in [3.05, 3.63) is 10.1 Å². The lowest BCUT2D eigenvalue weighted by atomic mass is 10.1. The maximum absolute atomic E-state index is 11.9. The van der Waals surface area contributed by atoms with Gasteiger partial charge in [-0.25, -0.2) is 15.1 Å². The molecule has 1 saturated heterocycles. The lowest BCUT2D eigenvalue weighted by molar-refractivity contribution is -0.525. The van der Waals surface area contributed by atoms with Crippen molar-refractivity contribution in [1.82, 2.24) is 10.3 Å². The molecule has 1 atom stereocenters. The van der Waals surface area contributed by atoms with Crippen molar-refractivity contribution < 1.29 is 9.83 Å². The summed E-state index contributed by atoms with van der Waals surface area (Å²) in [6.07, 6.45) is 1.98. The third-order valence-corrected chi connectivity index (χ3v) is 3.76. The summed E-state index contributed by atoms with van der Waals surface area (Å²) < 4.78 is 0. The van der Waals surface area contributed by atoms with Crippen molar-refractivity contribution in [3.63, 3.8) is 0 Å². The van der Waals surface area contributed by atoms with Crippen LogP contribution in [0.5, 0.6) is 0 Å². The van der Waals surface area contributed by atoms with Gasteiger partial charge in [0.2, 0.25) is 5.91 Å². The van der Waals surface area contributed by atoms with Crippen LogP contribution in [0.1, 0.15) is 19.3 Å². The Hall–Kier alpha value is -1.26. The highest BCUT2D eigenvalue weighted by atomic mass is 35.5. The molecule has 1 aliphatic rings. The SMILES string of the molecule is Cl.NC(=NCCCC[C@H](N)C(=O)N1CCSC1)N[N+](=O)[O-]. The second kappa shape index (κ2) is 10.5. The fourth-order valence-corrected chi connectivity index (χ4v) is 2.71. The minimum absolute atomic E-state index is 0. The smallest absolute Gasteiger partial charge is 0.251 e. The zero-order valence-electron chi connectivity index (χ0n) is 11.6. The van der Waals surface area contributed by atoms with Gasteiger partial charge < -0.3 is 16.4 Å². The van der Waals surface area contributed by atoms with Gasteiger partial charge in [0, 0.05) is 18.8 Å². The summed E-state index contributed by atoms with van der Waals surface area (Å²) in [6, 6.07) is -0.480. The van der Waals surface area contributed by atoms with Gasteiger partial charge in [-0.2, -0.15) is 0 Å². The summed E-state index contributed by atoms with van der Waals surface area (Å²) in [5, 5.41) is 9.30. The number of carbonyl (C=O) groups is 1. The van der Waals surface area contributed by atoms with Gasteiger partial charge in [0.25, 0.3) is 5.96 Å². The van der Waals surface area contributed by atoms with Gasteiger partial charge in [-0.15, -0.1) is 24.2 Å². The van der Waals surface area contributed by atoms with E-state index in [4.69, 9.17) is 11.5 Å². The monoisotopic (exact) mass is 340 g/mol. The standard InChI is InChI=1S/C10H20N6O3S.ClH/c11-8(9(17)15-5-6-20-7-15)3-1-2-4-13-10(12)14-16(18)19;/h8H,1-7,11H2,(H3,12,13,14);1H/t8-;/m0./s1. The molecule has 1 rings (SSSR count). The molecule has 122 valence electrons. The molecule has 0 bridgehead atoms. The molecule has 0 saturated carbocycles. The van der Waals surface area contributed by atoms with Crippen LogP contribution in [-0.4, -0.2) is 52.6 Å². The Balaban J connectivity index is 0.00000400. The van der Waals surface area contributed by atoms with Gasteiger partial charge >= 0.3 is 0 Å². The predicted molar refractivity (Wildman–Crippen MR) is 84.7 cm³/mol. The van der Waals surface area contributed by atoms with Crippen LogP contribution in [0.2, 0.25) is 0 Å². The molecule has 1 heterocycles. The maximum Gasteiger partial charge on any atom is 0.251 e.